The first kappa shape index (κ1) is 16.1. The van der Waals surface area contributed by atoms with Gasteiger partial charge in [0.1, 0.15) is 6.04 Å². The lowest BCUT2D eigenvalue weighted by Gasteiger charge is -2.28. The van der Waals surface area contributed by atoms with Gasteiger partial charge in [-0.15, -0.1) is 0 Å². The van der Waals surface area contributed by atoms with Crippen LogP contribution in [0.2, 0.25) is 0 Å². The zero-order chi connectivity index (χ0) is 16.2. The lowest BCUT2D eigenvalue weighted by molar-refractivity contribution is -0.125. The van der Waals surface area contributed by atoms with Crippen LogP contribution in [0.1, 0.15) is 38.2 Å². The molecule has 116 valence electrons. The average Bonchev–Trinajstić information content (AvgIpc) is 2.52. The molecular formula is C17H22N4O. The Hall–Kier alpha value is -2.27. The number of carbonyl (C=O) groups excluding carboxylic acids is 1. The van der Waals surface area contributed by atoms with E-state index in [1.165, 1.54) is 0 Å². The molecule has 2 rings (SSSR count). The molecule has 0 aliphatic heterocycles. The Bertz CT molecular complexity index is 568. The van der Waals surface area contributed by atoms with Crippen molar-refractivity contribution in [2.24, 2.45) is 11.1 Å². The summed E-state index contributed by atoms with van der Waals surface area (Å²) >= 11 is 0. The maximum Gasteiger partial charge on any atom is 0.238 e. The molecule has 5 heteroatoms. The molecule has 22 heavy (non-hydrogen) atoms. The van der Waals surface area contributed by atoms with Gasteiger partial charge in [0.25, 0.3) is 0 Å². The highest BCUT2D eigenvalue weighted by Crippen LogP contribution is 2.21. The van der Waals surface area contributed by atoms with Gasteiger partial charge in [0.2, 0.25) is 5.91 Å². The molecule has 0 fully saturated rings. The van der Waals surface area contributed by atoms with Crippen molar-refractivity contribution in [2.75, 3.05) is 0 Å². The predicted molar refractivity (Wildman–Crippen MR) is 85.9 cm³/mol. The smallest absolute Gasteiger partial charge is 0.238 e. The van der Waals surface area contributed by atoms with Crippen molar-refractivity contribution in [3.63, 3.8) is 0 Å². The van der Waals surface area contributed by atoms with Gasteiger partial charge in [-0.25, -0.2) is 0 Å². The van der Waals surface area contributed by atoms with E-state index < -0.39 is 12.1 Å². The third-order valence-electron chi connectivity index (χ3n) is 3.47. The van der Waals surface area contributed by atoms with Crippen LogP contribution >= 0.6 is 0 Å². The van der Waals surface area contributed by atoms with Gasteiger partial charge in [-0.1, -0.05) is 32.9 Å². The molecule has 2 aromatic heterocycles. The Morgan fingerprint density at radius 3 is 1.91 bits per heavy atom. The highest BCUT2D eigenvalue weighted by atomic mass is 16.2. The van der Waals surface area contributed by atoms with Gasteiger partial charge in [0.15, 0.2) is 0 Å². The molecule has 1 atom stereocenters. The number of hydrogen-bond acceptors (Lipinski definition) is 4. The maximum absolute atomic E-state index is 12.5. The van der Waals surface area contributed by atoms with Crippen molar-refractivity contribution in [3.8, 4) is 0 Å². The summed E-state index contributed by atoms with van der Waals surface area (Å²) in [5.41, 5.74) is 7.19. The van der Waals surface area contributed by atoms with Gasteiger partial charge >= 0.3 is 0 Å². The Kier molecular flexibility index (Phi) is 4.88. The molecule has 0 aromatic carbocycles. The third kappa shape index (κ3) is 3.89. The van der Waals surface area contributed by atoms with E-state index in [9.17, 15) is 4.79 Å². The second-order valence-corrected chi connectivity index (χ2v) is 6.29. The zero-order valence-electron chi connectivity index (χ0n) is 13.2. The summed E-state index contributed by atoms with van der Waals surface area (Å²) in [6.07, 6.45) is 3.39. The number of hydrogen-bond donors (Lipinski definition) is 2. The van der Waals surface area contributed by atoms with Crippen LogP contribution in [0, 0.1) is 5.41 Å². The molecule has 0 radical (unpaired) electrons. The van der Waals surface area contributed by atoms with Crippen molar-refractivity contribution >= 4 is 5.91 Å². The summed E-state index contributed by atoms with van der Waals surface area (Å²) in [6.45, 7) is 5.81. The van der Waals surface area contributed by atoms with Crippen molar-refractivity contribution in [3.05, 3.63) is 60.2 Å². The fourth-order valence-electron chi connectivity index (χ4n) is 2.02. The largest absolute Gasteiger partial charge is 0.341 e. The second kappa shape index (κ2) is 6.66. The number of nitrogens with zero attached hydrogens (tertiary/aromatic N) is 2. The minimum Gasteiger partial charge on any atom is -0.341 e. The molecule has 0 saturated heterocycles. The monoisotopic (exact) mass is 298 g/mol. The number of amides is 1. The van der Waals surface area contributed by atoms with E-state index in [1.54, 1.807) is 12.4 Å². The van der Waals surface area contributed by atoms with Gasteiger partial charge in [-0.05, 0) is 29.7 Å². The quantitative estimate of drug-likeness (QED) is 0.905. The minimum atomic E-state index is -0.609. The molecule has 0 aliphatic rings. The molecule has 0 bridgehead atoms. The van der Waals surface area contributed by atoms with E-state index in [1.807, 2.05) is 57.2 Å². The number of nitrogens with one attached hydrogen (secondary N) is 1. The summed E-state index contributed by atoms with van der Waals surface area (Å²) in [6, 6.07) is 10.1. The van der Waals surface area contributed by atoms with Crippen LogP contribution in [-0.2, 0) is 4.79 Å². The van der Waals surface area contributed by atoms with Crippen LogP contribution < -0.4 is 11.1 Å². The topological polar surface area (TPSA) is 80.9 Å². The normalized spacial score (nSPS) is 13.0. The fourth-order valence-corrected chi connectivity index (χ4v) is 2.02. The summed E-state index contributed by atoms with van der Waals surface area (Å²) in [5.74, 6) is -0.214. The lowest BCUT2D eigenvalue weighted by Crippen LogP contribution is -2.49. The fraction of sp³-hybridized carbons (Fsp3) is 0.353. The minimum absolute atomic E-state index is 0.214. The van der Waals surface area contributed by atoms with E-state index in [4.69, 9.17) is 5.73 Å². The lowest BCUT2D eigenvalue weighted by atomic mass is 9.86. The summed E-state index contributed by atoms with van der Waals surface area (Å²) < 4.78 is 0. The molecule has 0 spiro atoms. The van der Waals surface area contributed by atoms with Crippen molar-refractivity contribution in [1.29, 1.82) is 0 Å². The van der Waals surface area contributed by atoms with Gasteiger partial charge in [0, 0.05) is 12.4 Å². The highest BCUT2D eigenvalue weighted by Gasteiger charge is 2.30. The average molecular weight is 298 g/mol. The first-order valence-electron chi connectivity index (χ1n) is 7.27. The Morgan fingerprint density at radius 2 is 1.55 bits per heavy atom. The number of nitrogens with two attached hydrogens (primary N) is 1. The molecule has 5 nitrogen and oxygen atoms in total. The van der Waals surface area contributed by atoms with Crippen LogP contribution in [0.15, 0.2) is 48.8 Å². The number of aromatic nitrogens is 2. The van der Waals surface area contributed by atoms with Crippen molar-refractivity contribution < 1.29 is 4.79 Å². The second-order valence-electron chi connectivity index (χ2n) is 6.29. The van der Waals surface area contributed by atoms with Crippen LogP contribution in [0.4, 0.5) is 0 Å². The highest BCUT2D eigenvalue weighted by molar-refractivity contribution is 5.83. The third-order valence-corrected chi connectivity index (χ3v) is 3.47. The molecule has 2 aromatic rings. The summed E-state index contributed by atoms with van der Waals surface area (Å²) in [5, 5.41) is 2.97. The van der Waals surface area contributed by atoms with Gasteiger partial charge in [-0.3, -0.25) is 14.8 Å². The van der Waals surface area contributed by atoms with Gasteiger partial charge in [0.05, 0.1) is 17.4 Å². The van der Waals surface area contributed by atoms with E-state index >= 15 is 0 Å². The Labute approximate surface area is 131 Å². The number of pyridine rings is 2. The van der Waals surface area contributed by atoms with Crippen molar-refractivity contribution in [1.82, 2.24) is 15.3 Å². The first-order valence-corrected chi connectivity index (χ1v) is 7.27. The Morgan fingerprint density at radius 1 is 1.05 bits per heavy atom. The van der Waals surface area contributed by atoms with Crippen LogP contribution in [0.5, 0.6) is 0 Å². The number of carbonyl (C=O) groups is 1. The maximum atomic E-state index is 12.5. The van der Waals surface area contributed by atoms with E-state index in [2.05, 4.69) is 15.3 Å². The first-order chi connectivity index (χ1) is 10.4. The molecule has 2 heterocycles. The molecule has 1 amide bonds. The SMILES string of the molecule is CC(C)(C)[C@H](N)C(=O)NC(c1ccccn1)c1ccccn1. The summed E-state index contributed by atoms with van der Waals surface area (Å²) in [4.78, 5) is 21.1. The summed E-state index contributed by atoms with van der Waals surface area (Å²) in [7, 11) is 0. The number of rotatable bonds is 4. The van der Waals surface area contributed by atoms with Crippen LogP contribution in [-0.4, -0.2) is 21.9 Å². The molecule has 0 aliphatic carbocycles. The molecule has 0 unspecified atom stereocenters. The van der Waals surface area contributed by atoms with Crippen LogP contribution in [0.3, 0.4) is 0 Å². The van der Waals surface area contributed by atoms with Gasteiger partial charge in [-0.2, -0.15) is 0 Å². The van der Waals surface area contributed by atoms with E-state index in [0.29, 0.717) is 0 Å². The molecule has 3 N–H and O–H groups in total. The van der Waals surface area contributed by atoms with Crippen LogP contribution in [0.25, 0.3) is 0 Å². The predicted octanol–water partition coefficient (Wildman–Crippen LogP) is 2.06. The van der Waals surface area contributed by atoms with E-state index in [0.717, 1.165) is 11.4 Å². The van der Waals surface area contributed by atoms with E-state index in [-0.39, 0.29) is 11.3 Å². The molecular weight excluding hydrogens is 276 g/mol. The standard InChI is InChI=1S/C17H22N4O/c1-17(2,3)15(18)16(22)21-14(12-8-4-6-10-19-12)13-9-5-7-11-20-13/h4-11,14-15H,18H2,1-3H3,(H,21,22)/t15-/m1/s1. The zero-order valence-corrected chi connectivity index (χ0v) is 13.2. The van der Waals surface area contributed by atoms with Gasteiger partial charge < -0.3 is 11.1 Å². The molecule has 0 saturated carbocycles. The van der Waals surface area contributed by atoms with Crippen molar-refractivity contribution in [2.45, 2.75) is 32.9 Å². The Balaban J connectivity index is 2.29.